The topological polar surface area (TPSA) is 0 Å². The molecule has 0 aromatic rings. The smallest absolute Gasteiger partial charge is 0.0279 e. The van der Waals surface area contributed by atoms with Crippen LogP contribution in [0.2, 0.25) is 0 Å². The molecule has 0 aromatic heterocycles. The van der Waals surface area contributed by atoms with Gasteiger partial charge < -0.3 is 0 Å². The lowest BCUT2D eigenvalue weighted by atomic mass is 9.88. The zero-order chi connectivity index (χ0) is 15.2. The molecular weight excluding hydrogens is 240 g/mol. The monoisotopic (exact) mass is 278 g/mol. The maximum atomic E-state index is 2.54. The Hall–Kier alpha value is -0.520. The van der Waals surface area contributed by atoms with Gasteiger partial charge in [-0.1, -0.05) is 78.4 Å². The molecule has 0 aliphatic carbocycles. The average Bonchev–Trinajstić information content (AvgIpc) is 2.46. The van der Waals surface area contributed by atoms with Gasteiger partial charge in [-0.2, -0.15) is 0 Å². The molecule has 0 atom stereocenters. The second kappa shape index (κ2) is 13.5. The van der Waals surface area contributed by atoms with Crippen molar-refractivity contribution in [3.8, 4) is 0 Å². The van der Waals surface area contributed by atoms with Crippen LogP contribution in [-0.4, -0.2) is 0 Å². The molecule has 0 aliphatic rings. The molecule has 0 nitrogen and oxygen atoms in total. The van der Waals surface area contributed by atoms with Crippen LogP contribution >= 0.6 is 0 Å². The summed E-state index contributed by atoms with van der Waals surface area (Å²) in [6.07, 6.45) is 16.8. The summed E-state index contributed by atoms with van der Waals surface area (Å²) in [5, 5.41) is 0. The van der Waals surface area contributed by atoms with E-state index in [0.29, 0.717) is 0 Å². The van der Waals surface area contributed by atoms with Gasteiger partial charge in [-0.05, 0) is 49.7 Å². The summed E-state index contributed by atoms with van der Waals surface area (Å²) in [7, 11) is 0. The number of hydrogen-bond donors (Lipinski definition) is 0. The van der Waals surface area contributed by atoms with Gasteiger partial charge in [-0.25, -0.2) is 0 Å². The molecule has 0 aliphatic heterocycles. The van der Waals surface area contributed by atoms with Crippen molar-refractivity contribution in [2.75, 3.05) is 0 Å². The molecule has 0 rings (SSSR count). The van der Waals surface area contributed by atoms with Crippen molar-refractivity contribution in [2.24, 2.45) is 0 Å². The van der Waals surface area contributed by atoms with Crippen molar-refractivity contribution < 1.29 is 0 Å². The van der Waals surface area contributed by atoms with E-state index in [4.69, 9.17) is 0 Å². The van der Waals surface area contributed by atoms with E-state index in [-0.39, 0.29) is 0 Å². The van der Waals surface area contributed by atoms with E-state index in [1.54, 1.807) is 16.7 Å². The Morgan fingerprint density at radius 3 is 1.80 bits per heavy atom. The molecule has 0 radical (unpaired) electrons. The fraction of sp³-hybridized carbons (Fsp3) is 0.800. The molecule has 0 heteroatoms. The molecule has 0 heterocycles. The van der Waals surface area contributed by atoms with Crippen molar-refractivity contribution in [3.05, 3.63) is 22.8 Å². The highest BCUT2D eigenvalue weighted by Gasteiger charge is 2.10. The minimum Gasteiger partial charge on any atom is -0.0811 e. The minimum atomic E-state index is 1.25. The maximum absolute atomic E-state index is 2.54. The third kappa shape index (κ3) is 7.92. The van der Waals surface area contributed by atoms with Crippen LogP contribution in [0.15, 0.2) is 22.8 Å². The maximum Gasteiger partial charge on any atom is -0.0279 e. The fourth-order valence-corrected chi connectivity index (χ4v) is 2.90. The van der Waals surface area contributed by atoms with E-state index >= 15 is 0 Å². The standard InChI is InChI=1S/C20H38/c1-6-11-16-18(13-8-3)20(15-10-5)19(14-9-4)17-12-7-2/h16H,6-15,17H2,1-5H3. The molecule has 0 saturated heterocycles. The highest BCUT2D eigenvalue weighted by molar-refractivity contribution is 5.35. The van der Waals surface area contributed by atoms with Gasteiger partial charge in [-0.3, -0.25) is 0 Å². The fourth-order valence-electron chi connectivity index (χ4n) is 2.90. The first-order valence-electron chi connectivity index (χ1n) is 9.15. The molecule has 0 spiro atoms. The van der Waals surface area contributed by atoms with E-state index in [2.05, 4.69) is 40.7 Å². The summed E-state index contributed by atoms with van der Waals surface area (Å²) in [6.45, 7) is 11.6. The zero-order valence-corrected chi connectivity index (χ0v) is 14.9. The first kappa shape index (κ1) is 19.5. The summed E-state index contributed by atoms with van der Waals surface area (Å²) in [6, 6.07) is 0. The molecule has 0 amide bonds. The van der Waals surface area contributed by atoms with Crippen LogP contribution < -0.4 is 0 Å². The Morgan fingerprint density at radius 2 is 1.30 bits per heavy atom. The SMILES string of the molecule is CCCC=C(CCC)C(CCC)=C(CCC)CCCC. The van der Waals surface area contributed by atoms with E-state index in [0.717, 1.165) is 0 Å². The van der Waals surface area contributed by atoms with Crippen molar-refractivity contribution in [2.45, 2.75) is 105 Å². The van der Waals surface area contributed by atoms with Gasteiger partial charge in [0.1, 0.15) is 0 Å². The van der Waals surface area contributed by atoms with Crippen LogP contribution in [0, 0.1) is 0 Å². The summed E-state index contributed by atoms with van der Waals surface area (Å²) in [5.41, 5.74) is 5.18. The minimum absolute atomic E-state index is 1.25. The van der Waals surface area contributed by atoms with Crippen molar-refractivity contribution in [3.63, 3.8) is 0 Å². The quantitative estimate of drug-likeness (QED) is 0.322. The third-order valence-electron chi connectivity index (χ3n) is 3.90. The van der Waals surface area contributed by atoms with E-state index in [9.17, 15) is 0 Å². The predicted octanol–water partition coefficient (Wildman–Crippen LogP) is 7.60. The molecule has 0 aromatic carbocycles. The normalized spacial score (nSPS) is 13.6. The van der Waals surface area contributed by atoms with Gasteiger partial charge in [0, 0.05) is 0 Å². The Morgan fingerprint density at radius 1 is 0.650 bits per heavy atom. The average molecular weight is 279 g/mol. The van der Waals surface area contributed by atoms with Crippen LogP contribution in [-0.2, 0) is 0 Å². The largest absolute Gasteiger partial charge is 0.0811 e. The van der Waals surface area contributed by atoms with Gasteiger partial charge in [-0.15, -0.1) is 0 Å². The van der Waals surface area contributed by atoms with Gasteiger partial charge in [0.25, 0.3) is 0 Å². The molecule has 0 unspecified atom stereocenters. The Bertz CT molecular complexity index is 280. The molecular formula is C20H38. The second-order valence-electron chi connectivity index (χ2n) is 5.95. The lowest BCUT2D eigenvalue weighted by molar-refractivity contribution is 0.716. The Labute approximate surface area is 128 Å². The lowest BCUT2D eigenvalue weighted by Crippen LogP contribution is -1.98. The Balaban J connectivity index is 5.33. The lowest BCUT2D eigenvalue weighted by Gasteiger charge is -2.18. The molecule has 0 N–H and O–H groups in total. The molecule has 0 saturated carbocycles. The predicted molar refractivity (Wildman–Crippen MR) is 94.3 cm³/mol. The van der Waals surface area contributed by atoms with Crippen molar-refractivity contribution >= 4 is 0 Å². The third-order valence-corrected chi connectivity index (χ3v) is 3.90. The van der Waals surface area contributed by atoms with Crippen molar-refractivity contribution in [1.82, 2.24) is 0 Å². The summed E-state index contributed by atoms with van der Waals surface area (Å²) in [4.78, 5) is 0. The molecule has 20 heavy (non-hydrogen) atoms. The first-order chi connectivity index (χ1) is 9.74. The Kier molecular flexibility index (Phi) is 13.1. The number of allylic oxidation sites excluding steroid dienone is 4. The molecule has 0 fully saturated rings. The van der Waals surface area contributed by atoms with E-state index in [1.807, 2.05) is 0 Å². The van der Waals surface area contributed by atoms with Crippen LogP contribution in [0.4, 0.5) is 0 Å². The van der Waals surface area contributed by atoms with Crippen molar-refractivity contribution in [1.29, 1.82) is 0 Å². The van der Waals surface area contributed by atoms with Gasteiger partial charge in [0.05, 0.1) is 0 Å². The van der Waals surface area contributed by atoms with Crippen LogP contribution in [0.25, 0.3) is 0 Å². The zero-order valence-electron chi connectivity index (χ0n) is 14.9. The van der Waals surface area contributed by atoms with Crippen LogP contribution in [0.3, 0.4) is 0 Å². The summed E-state index contributed by atoms with van der Waals surface area (Å²) in [5.74, 6) is 0. The van der Waals surface area contributed by atoms with Gasteiger partial charge >= 0.3 is 0 Å². The molecule has 118 valence electrons. The number of unbranched alkanes of at least 4 members (excludes halogenated alkanes) is 2. The molecule has 0 bridgehead atoms. The van der Waals surface area contributed by atoms with E-state index in [1.165, 1.54) is 70.6 Å². The first-order valence-corrected chi connectivity index (χ1v) is 9.15. The number of hydrogen-bond acceptors (Lipinski definition) is 0. The van der Waals surface area contributed by atoms with Gasteiger partial charge in [0.2, 0.25) is 0 Å². The van der Waals surface area contributed by atoms with Crippen LogP contribution in [0.1, 0.15) is 105 Å². The number of rotatable bonds is 12. The van der Waals surface area contributed by atoms with Gasteiger partial charge in [0.15, 0.2) is 0 Å². The summed E-state index contributed by atoms with van der Waals surface area (Å²) >= 11 is 0. The second-order valence-corrected chi connectivity index (χ2v) is 5.95. The van der Waals surface area contributed by atoms with E-state index < -0.39 is 0 Å². The highest BCUT2D eigenvalue weighted by atomic mass is 14.2. The summed E-state index contributed by atoms with van der Waals surface area (Å²) < 4.78 is 0. The highest BCUT2D eigenvalue weighted by Crippen LogP contribution is 2.30. The van der Waals surface area contributed by atoms with Crippen LogP contribution in [0.5, 0.6) is 0 Å².